The summed E-state index contributed by atoms with van der Waals surface area (Å²) in [5.74, 6) is 5.72. The number of para-hydroxylation sites is 1. The van der Waals surface area contributed by atoms with Gasteiger partial charge in [-0.25, -0.2) is 0 Å². The largest absolute Gasteiger partial charge is 0.464 e. The van der Waals surface area contributed by atoms with Gasteiger partial charge in [0.15, 0.2) is 0 Å². The lowest BCUT2D eigenvalue weighted by Gasteiger charge is -2.14. The average molecular weight is 270 g/mol. The fourth-order valence-corrected chi connectivity index (χ4v) is 2.54. The molecule has 2 heterocycles. The number of furan rings is 1. The number of nitrogens with zero attached hydrogens (tertiary/aromatic N) is 2. The SMILES string of the molecule is Cn1nccc1CCC(NN)c1coc2ccccc12. The summed E-state index contributed by atoms with van der Waals surface area (Å²) < 4.78 is 7.47. The van der Waals surface area contributed by atoms with Gasteiger partial charge < -0.3 is 4.42 Å². The maximum atomic E-state index is 5.72. The van der Waals surface area contributed by atoms with Crippen LogP contribution < -0.4 is 11.3 Å². The molecule has 3 aromatic rings. The van der Waals surface area contributed by atoms with E-state index in [1.54, 1.807) is 6.26 Å². The number of hydrazine groups is 1. The molecule has 0 aliphatic rings. The number of hydrogen-bond donors (Lipinski definition) is 2. The van der Waals surface area contributed by atoms with Crippen molar-refractivity contribution in [3.8, 4) is 0 Å². The van der Waals surface area contributed by atoms with Crippen LogP contribution in [0.3, 0.4) is 0 Å². The number of hydrogen-bond acceptors (Lipinski definition) is 4. The zero-order valence-corrected chi connectivity index (χ0v) is 11.4. The molecule has 1 unspecified atom stereocenters. The molecule has 3 rings (SSSR count). The molecule has 0 aliphatic carbocycles. The topological polar surface area (TPSA) is 69.0 Å². The van der Waals surface area contributed by atoms with Crippen molar-refractivity contribution < 1.29 is 4.42 Å². The summed E-state index contributed by atoms with van der Waals surface area (Å²) in [6.07, 6.45) is 5.40. The Labute approximate surface area is 117 Å². The van der Waals surface area contributed by atoms with Gasteiger partial charge in [-0.3, -0.25) is 16.0 Å². The van der Waals surface area contributed by atoms with E-state index in [2.05, 4.69) is 16.6 Å². The van der Waals surface area contributed by atoms with Gasteiger partial charge in [-0.15, -0.1) is 0 Å². The number of benzene rings is 1. The molecule has 0 amide bonds. The van der Waals surface area contributed by atoms with Crippen molar-refractivity contribution in [1.29, 1.82) is 0 Å². The summed E-state index contributed by atoms with van der Waals surface area (Å²) in [5.41, 5.74) is 6.08. The minimum Gasteiger partial charge on any atom is -0.464 e. The molecule has 1 atom stereocenters. The van der Waals surface area contributed by atoms with Crippen LogP contribution in [0.4, 0.5) is 0 Å². The van der Waals surface area contributed by atoms with E-state index in [0.717, 1.165) is 29.4 Å². The second-order valence-corrected chi connectivity index (χ2v) is 4.89. The van der Waals surface area contributed by atoms with E-state index in [4.69, 9.17) is 10.3 Å². The van der Waals surface area contributed by atoms with Gasteiger partial charge in [-0.05, 0) is 25.0 Å². The summed E-state index contributed by atoms with van der Waals surface area (Å²) in [5, 5.41) is 5.29. The van der Waals surface area contributed by atoms with E-state index in [0.29, 0.717) is 0 Å². The molecule has 0 bridgehead atoms. The summed E-state index contributed by atoms with van der Waals surface area (Å²) in [6, 6.07) is 10.1. The summed E-state index contributed by atoms with van der Waals surface area (Å²) in [6.45, 7) is 0. The first-order chi connectivity index (χ1) is 9.79. The van der Waals surface area contributed by atoms with E-state index < -0.39 is 0 Å². The molecule has 2 aromatic heterocycles. The molecule has 1 aromatic carbocycles. The van der Waals surface area contributed by atoms with Crippen LogP contribution in [0.15, 0.2) is 47.2 Å². The number of fused-ring (bicyclic) bond motifs is 1. The molecule has 0 saturated heterocycles. The van der Waals surface area contributed by atoms with Gasteiger partial charge in [0.1, 0.15) is 5.58 Å². The van der Waals surface area contributed by atoms with Crippen LogP contribution in [0, 0.1) is 0 Å². The van der Waals surface area contributed by atoms with Crippen LogP contribution in [0.2, 0.25) is 0 Å². The highest BCUT2D eigenvalue weighted by atomic mass is 16.3. The predicted octanol–water partition coefficient (Wildman–Crippen LogP) is 2.30. The third-order valence-electron chi connectivity index (χ3n) is 3.70. The Bertz CT molecular complexity index is 701. The van der Waals surface area contributed by atoms with E-state index in [-0.39, 0.29) is 6.04 Å². The number of nitrogens with one attached hydrogen (secondary N) is 1. The molecule has 0 radical (unpaired) electrons. The lowest BCUT2D eigenvalue weighted by molar-refractivity contribution is 0.499. The zero-order valence-electron chi connectivity index (χ0n) is 11.4. The Morgan fingerprint density at radius 3 is 2.95 bits per heavy atom. The summed E-state index contributed by atoms with van der Waals surface area (Å²) >= 11 is 0. The first kappa shape index (κ1) is 12.9. The first-order valence-corrected chi connectivity index (χ1v) is 6.68. The van der Waals surface area contributed by atoms with Gasteiger partial charge in [0.2, 0.25) is 0 Å². The second-order valence-electron chi connectivity index (χ2n) is 4.89. The van der Waals surface area contributed by atoms with Gasteiger partial charge in [0, 0.05) is 29.9 Å². The normalized spacial score (nSPS) is 12.9. The van der Waals surface area contributed by atoms with Gasteiger partial charge in [-0.1, -0.05) is 18.2 Å². The van der Waals surface area contributed by atoms with E-state index >= 15 is 0 Å². The lowest BCUT2D eigenvalue weighted by Crippen LogP contribution is -2.28. The van der Waals surface area contributed by atoms with Gasteiger partial charge >= 0.3 is 0 Å². The average Bonchev–Trinajstić information content (AvgIpc) is 3.07. The fourth-order valence-electron chi connectivity index (χ4n) is 2.54. The Kier molecular flexibility index (Phi) is 3.54. The van der Waals surface area contributed by atoms with Gasteiger partial charge in [0.25, 0.3) is 0 Å². The number of aryl methyl sites for hydroxylation is 2. The minimum atomic E-state index is 0.0635. The molecule has 104 valence electrons. The highest BCUT2D eigenvalue weighted by molar-refractivity contribution is 5.81. The van der Waals surface area contributed by atoms with Gasteiger partial charge in [-0.2, -0.15) is 5.10 Å². The van der Waals surface area contributed by atoms with Crippen molar-refractivity contribution >= 4 is 11.0 Å². The maximum Gasteiger partial charge on any atom is 0.134 e. The number of nitrogens with two attached hydrogens (primary N) is 1. The van der Waals surface area contributed by atoms with Crippen molar-refractivity contribution in [2.24, 2.45) is 12.9 Å². The Hall–Kier alpha value is -2.11. The first-order valence-electron chi connectivity index (χ1n) is 6.68. The Morgan fingerprint density at radius 2 is 2.20 bits per heavy atom. The molecule has 20 heavy (non-hydrogen) atoms. The molecule has 5 heteroatoms. The van der Waals surface area contributed by atoms with Crippen LogP contribution in [0.25, 0.3) is 11.0 Å². The predicted molar refractivity (Wildman–Crippen MR) is 77.8 cm³/mol. The van der Waals surface area contributed by atoms with Crippen molar-refractivity contribution in [1.82, 2.24) is 15.2 Å². The van der Waals surface area contributed by atoms with Crippen LogP contribution in [-0.2, 0) is 13.5 Å². The molecule has 0 aliphatic heterocycles. The molecular formula is C15H18N4O. The molecule has 0 saturated carbocycles. The smallest absolute Gasteiger partial charge is 0.134 e. The zero-order chi connectivity index (χ0) is 13.9. The van der Waals surface area contributed by atoms with Crippen LogP contribution >= 0.6 is 0 Å². The highest BCUT2D eigenvalue weighted by Gasteiger charge is 2.16. The lowest BCUT2D eigenvalue weighted by atomic mass is 10.0. The monoisotopic (exact) mass is 270 g/mol. The van der Waals surface area contributed by atoms with E-state index in [9.17, 15) is 0 Å². The molecule has 5 nitrogen and oxygen atoms in total. The van der Waals surface area contributed by atoms with Crippen LogP contribution in [0.5, 0.6) is 0 Å². The second kappa shape index (κ2) is 5.48. The molecule has 0 fully saturated rings. The quantitative estimate of drug-likeness (QED) is 0.551. The maximum absolute atomic E-state index is 5.72. The minimum absolute atomic E-state index is 0.0635. The van der Waals surface area contributed by atoms with E-state index in [1.807, 2.05) is 42.2 Å². The van der Waals surface area contributed by atoms with E-state index in [1.165, 1.54) is 5.69 Å². The molecule has 3 N–H and O–H groups in total. The fraction of sp³-hybridized carbons (Fsp3) is 0.267. The summed E-state index contributed by atoms with van der Waals surface area (Å²) in [7, 11) is 1.95. The highest BCUT2D eigenvalue weighted by Crippen LogP contribution is 2.28. The number of rotatable bonds is 5. The Balaban J connectivity index is 1.81. The van der Waals surface area contributed by atoms with Crippen molar-refractivity contribution in [3.05, 3.63) is 54.0 Å². The van der Waals surface area contributed by atoms with Crippen molar-refractivity contribution in [2.45, 2.75) is 18.9 Å². The standard InChI is InChI=1S/C15H18N4O/c1-19-11(8-9-17-19)6-7-14(18-16)13-10-20-15-5-3-2-4-12(13)15/h2-5,8-10,14,18H,6-7,16H2,1H3. The van der Waals surface area contributed by atoms with Crippen LogP contribution in [-0.4, -0.2) is 9.78 Å². The number of aromatic nitrogens is 2. The van der Waals surface area contributed by atoms with Gasteiger partial charge in [0.05, 0.1) is 12.3 Å². The van der Waals surface area contributed by atoms with Crippen LogP contribution in [0.1, 0.15) is 23.7 Å². The summed E-state index contributed by atoms with van der Waals surface area (Å²) in [4.78, 5) is 0. The Morgan fingerprint density at radius 1 is 1.35 bits per heavy atom. The molecule has 0 spiro atoms. The third kappa shape index (κ3) is 2.33. The molecular weight excluding hydrogens is 252 g/mol. The van der Waals surface area contributed by atoms with Crippen molar-refractivity contribution in [3.63, 3.8) is 0 Å². The third-order valence-corrected chi connectivity index (χ3v) is 3.70. The van der Waals surface area contributed by atoms with Crippen molar-refractivity contribution in [2.75, 3.05) is 0 Å².